The van der Waals surface area contributed by atoms with Crippen LogP contribution in [-0.4, -0.2) is 26.2 Å². The summed E-state index contributed by atoms with van der Waals surface area (Å²) in [5.74, 6) is 12.4. The van der Waals surface area contributed by atoms with E-state index >= 15 is 0 Å². The molecule has 314 valence electrons. The molecule has 0 bridgehead atoms. The van der Waals surface area contributed by atoms with Crippen molar-refractivity contribution in [3.8, 4) is 23.7 Å². The minimum Gasteiger partial charge on any atom is -0.465 e. The largest absolute Gasteiger partial charge is 0.465 e. The average Bonchev–Trinajstić information content (AvgIpc) is 3.25. The van der Waals surface area contributed by atoms with Gasteiger partial charge in [-0.15, -0.1) is 11.8 Å². The molecule has 58 heavy (non-hydrogen) atoms. The van der Waals surface area contributed by atoms with Gasteiger partial charge in [0.1, 0.15) is 0 Å². The van der Waals surface area contributed by atoms with Crippen LogP contribution in [0.2, 0.25) is 0 Å². The second-order valence-electron chi connectivity index (χ2n) is 15.0. The maximum atomic E-state index is 13.0. The van der Waals surface area contributed by atoms with E-state index in [2.05, 4.69) is 107 Å². The van der Waals surface area contributed by atoms with Crippen LogP contribution in [-0.2, 0) is 99.4 Å². The molecule has 0 saturated heterocycles. The van der Waals surface area contributed by atoms with E-state index in [1.807, 2.05) is 0 Å². The van der Waals surface area contributed by atoms with Crippen molar-refractivity contribution in [2.75, 3.05) is 14.2 Å². The minimum absolute atomic E-state index is 0.394. The van der Waals surface area contributed by atoms with Gasteiger partial charge in [0.25, 0.3) is 0 Å². The Kier molecular flexibility index (Phi) is 19.4. The van der Waals surface area contributed by atoms with Gasteiger partial charge in [0, 0.05) is 25.7 Å². The molecular formula is C54H74O4. The van der Waals surface area contributed by atoms with E-state index in [9.17, 15) is 9.59 Å². The molecule has 1 aliphatic carbocycles. The van der Waals surface area contributed by atoms with Crippen LogP contribution in [0.5, 0.6) is 0 Å². The smallest absolute Gasteiger partial charge is 0.339 e. The molecule has 0 heterocycles. The first-order valence-electron chi connectivity index (χ1n) is 22.7. The zero-order valence-electron chi connectivity index (χ0n) is 38.9. The number of ether oxygens (including phenoxy) is 2. The molecule has 4 rings (SSSR count). The van der Waals surface area contributed by atoms with Crippen LogP contribution in [0.15, 0.2) is 0 Å². The number of benzene rings is 3. The highest BCUT2D eigenvalue weighted by molar-refractivity contribution is 6.06. The van der Waals surface area contributed by atoms with Gasteiger partial charge in [0.05, 0.1) is 25.3 Å². The first kappa shape index (κ1) is 48.1. The molecule has 1 aliphatic rings. The van der Waals surface area contributed by atoms with Crippen molar-refractivity contribution >= 4 is 11.9 Å². The van der Waals surface area contributed by atoms with Crippen LogP contribution < -0.4 is 0 Å². The molecule has 4 heteroatoms. The topological polar surface area (TPSA) is 52.6 Å². The lowest BCUT2D eigenvalue weighted by molar-refractivity contribution is 0.0553. The number of fused-ring (bicyclic) bond motifs is 2. The van der Waals surface area contributed by atoms with E-state index in [4.69, 9.17) is 9.47 Å². The molecule has 0 fully saturated rings. The van der Waals surface area contributed by atoms with Crippen molar-refractivity contribution in [3.63, 3.8) is 0 Å². The van der Waals surface area contributed by atoms with E-state index in [0.717, 1.165) is 101 Å². The predicted molar refractivity (Wildman–Crippen MR) is 245 cm³/mol. The highest BCUT2D eigenvalue weighted by atomic mass is 16.5. The van der Waals surface area contributed by atoms with Gasteiger partial charge in [0.2, 0.25) is 0 Å². The fraction of sp³-hybridized carbons (Fsp3) is 0.556. The molecule has 0 amide bonds. The lowest BCUT2D eigenvalue weighted by Gasteiger charge is -2.33. The average molecular weight is 787 g/mol. The van der Waals surface area contributed by atoms with E-state index in [1.54, 1.807) is 22.3 Å². The number of carbonyl (C=O) groups is 2. The first-order chi connectivity index (χ1) is 28.1. The number of rotatable bonds is 14. The molecule has 0 saturated carbocycles. The van der Waals surface area contributed by atoms with Gasteiger partial charge in [-0.2, -0.15) is 0 Å². The van der Waals surface area contributed by atoms with E-state index in [-0.39, 0.29) is 0 Å². The summed E-state index contributed by atoms with van der Waals surface area (Å²) in [6.07, 6.45) is 15.1. The molecule has 0 N–H and O–H groups in total. The summed E-state index contributed by atoms with van der Waals surface area (Å²) in [6.45, 7) is 26.6. The second-order valence-corrected chi connectivity index (χ2v) is 15.0. The number of hydrogen-bond acceptors (Lipinski definition) is 4. The third kappa shape index (κ3) is 9.60. The van der Waals surface area contributed by atoms with Gasteiger partial charge in [-0.25, -0.2) is 9.59 Å². The molecule has 0 radical (unpaired) electrons. The zero-order chi connectivity index (χ0) is 43.1. The fourth-order valence-electron chi connectivity index (χ4n) is 10.2. The summed E-state index contributed by atoms with van der Waals surface area (Å²) in [5.41, 5.74) is 23.2. The molecule has 4 nitrogen and oxygen atoms in total. The number of hydrogen-bond donors (Lipinski definition) is 0. The first-order valence-corrected chi connectivity index (χ1v) is 22.7. The molecule has 3 aromatic rings. The van der Waals surface area contributed by atoms with E-state index in [1.165, 1.54) is 69.9 Å². The van der Waals surface area contributed by atoms with Crippen molar-refractivity contribution in [1.82, 2.24) is 0 Å². The third-order valence-electron chi connectivity index (χ3n) is 12.5. The summed E-state index contributed by atoms with van der Waals surface area (Å²) in [5, 5.41) is 0. The summed E-state index contributed by atoms with van der Waals surface area (Å²) < 4.78 is 10.4. The predicted octanol–water partition coefficient (Wildman–Crippen LogP) is 12.0. The molecule has 0 aliphatic heterocycles. The maximum Gasteiger partial charge on any atom is 0.339 e. The SMILES string of the molecule is CCC#CCc1c(CC)c(CC)c(CC)c(CC)c1CC#CCC.CCc1c(CC)c(CC)c2c(c1CC)Cc1c(c(CC)c(C(=O)OC)c(C(=O)OC)c1CC)C2. The Morgan fingerprint density at radius 2 is 0.603 bits per heavy atom. The molecular weight excluding hydrogens is 713 g/mol. The van der Waals surface area contributed by atoms with Gasteiger partial charge in [-0.1, -0.05) is 94.9 Å². The maximum absolute atomic E-state index is 13.0. The molecule has 0 atom stereocenters. The van der Waals surface area contributed by atoms with Crippen molar-refractivity contribution in [2.45, 2.75) is 186 Å². The number of carbonyl (C=O) groups excluding carboxylic acids is 2. The van der Waals surface area contributed by atoms with Gasteiger partial charge >= 0.3 is 11.9 Å². The second kappa shape index (κ2) is 23.3. The van der Waals surface area contributed by atoms with Crippen molar-refractivity contribution < 1.29 is 19.1 Å². The highest BCUT2D eigenvalue weighted by Gasteiger charge is 2.34. The number of methoxy groups -OCH3 is 2. The van der Waals surface area contributed by atoms with Crippen LogP contribution in [0.25, 0.3) is 0 Å². The van der Waals surface area contributed by atoms with E-state index < -0.39 is 11.9 Å². The summed E-state index contributed by atoms with van der Waals surface area (Å²) in [4.78, 5) is 26.0. The Hall–Kier alpha value is -4.28. The van der Waals surface area contributed by atoms with Gasteiger partial charge in [-0.05, 0) is 166 Å². The van der Waals surface area contributed by atoms with Crippen molar-refractivity contribution in [1.29, 1.82) is 0 Å². The monoisotopic (exact) mass is 787 g/mol. The lowest BCUT2D eigenvalue weighted by Crippen LogP contribution is -2.25. The standard InChI is InChI=1S/C30H40O4.C24H34/c1-9-17-18(10-2)20(12-4)24-16-26-22(14-6)28(30(32)34-8)27(29(31)33-7)21(13-5)25(26)15-23(24)19(17)11-3;1-7-13-15-17-23-21(11-5)19(9-3)20(10-4)22(12-6)24(23)18-16-14-8-2/h9-16H2,1-8H3;7-12,17-18H2,1-6H3. The van der Waals surface area contributed by atoms with Crippen molar-refractivity contribution in [2.24, 2.45) is 0 Å². The Morgan fingerprint density at radius 1 is 0.362 bits per heavy atom. The lowest BCUT2D eigenvalue weighted by atomic mass is 9.71. The Bertz CT molecular complexity index is 1920. The molecule has 3 aromatic carbocycles. The number of esters is 2. The van der Waals surface area contributed by atoms with Crippen LogP contribution in [0.4, 0.5) is 0 Å². The third-order valence-corrected chi connectivity index (χ3v) is 12.5. The summed E-state index contributed by atoms with van der Waals surface area (Å²) >= 11 is 0. The minimum atomic E-state index is -0.457. The fourth-order valence-corrected chi connectivity index (χ4v) is 10.2. The Morgan fingerprint density at radius 3 is 0.845 bits per heavy atom. The van der Waals surface area contributed by atoms with E-state index in [0.29, 0.717) is 24.0 Å². The Balaban J connectivity index is 0.000000331. The van der Waals surface area contributed by atoms with Gasteiger partial charge in [0.15, 0.2) is 0 Å². The summed E-state index contributed by atoms with van der Waals surface area (Å²) in [7, 11) is 2.76. The normalized spacial score (nSPS) is 11.3. The Labute approximate surface area is 353 Å². The van der Waals surface area contributed by atoms with Crippen LogP contribution in [0.1, 0.15) is 206 Å². The van der Waals surface area contributed by atoms with Gasteiger partial charge in [-0.3, -0.25) is 0 Å². The highest BCUT2D eigenvalue weighted by Crippen LogP contribution is 2.42. The quantitative estimate of drug-likeness (QED) is 0.0943. The van der Waals surface area contributed by atoms with Crippen LogP contribution >= 0.6 is 0 Å². The molecule has 0 aromatic heterocycles. The summed E-state index contributed by atoms with van der Waals surface area (Å²) in [6, 6.07) is 0. The van der Waals surface area contributed by atoms with Crippen LogP contribution in [0.3, 0.4) is 0 Å². The molecule has 0 unspecified atom stereocenters. The zero-order valence-corrected chi connectivity index (χ0v) is 38.9. The van der Waals surface area contributed by atoms with Crippen molar-refractivity contribution in [3.05, 3.63) is 100 Å². The van der Waals surface area contributed by atoms with Gasteiger partial charge < -0.3 is 9.47 Å². The van der Waals surface area contributed by atoms with Crippen LogP contribution in [0, 0.1) is 23.7 Å². The molecule has 0 spiro atoms.